The van der Waals surface area contributed by atoms with Crippen molar-refractivity contribution in [2.24, 2.45) is 0 Å². The Hall–Kier alpha value is -4.08. The van der Waals surface area contributed by atoms with E-state index in [9.17, 15) is 0 Å². The zero-order valence-electron chi connectivity index (χ0n) is 20.1. The van der Waals surface area contributed by atoms with Crippen LogP contribution in [0, 0.1) is 0 Å². The van der Waals surface area contributed by atoms with E-state index < -0.39 is 0 Å². The predicted molar refractivity (Wildman–Crippen MR) is 143 cm³/mol. The van der Waals surface area contributed by atoms with Crippen molar-refractivity contribution in [3.8, 4) is 34.1 Å². The number of likely N-dealkylation sites (tertiary alicyclic amines) is 1. The van der Waals surface area contributed by atoms with E-state index in [1.807, 2.05) is 28.2 Å². The highest BCUT2D eigenvalue weighted by atomic mass is 32.1. The lowest BCUT2D eigenvalue weighted by Crippen LogP contribution is -2.32. The van der Waals surface area contributed by atoms with E-state index in [-0.39, 0.29) is 0 Å². The van der Waals surface area contributed by atoms with E-state index in [0.717, 1.165) is 71.5 Å². The van der Waals surface area contributed by atoms with Crippen LogP contribution in [-0.2, 0) is 6.54 Å². The number of aromatic amines is 1. The molecule has 0 amide bonds. The van der Waals surface area contributed by atoms with Crippen LogP contribution in [0.4, 0.5) is 0 Å². The molecule has 37 heavy (non-hydrogen) atoms. The van der Waals surface area contributed by atoms with E-state index in [4.69, 9.17) is 9.40 Å². The number of benzene rings is 2. The van der Waals surface area contributed by atoms with Gasteiger partial charge in [0.25, 0.3) is 0 Å². The standard InChI is InChI=1S/C28H25N7OS/c1-2-5-21(6-3-1)25-24(30-28-35(25)29-18-37-28)20-10-8-19(9-11-20)17-34-14-12-22(13-15-34)26-31-27(33-32-26)23-7-4-16-36-23/h1-11,16,18,22H,12-15,17H2,(H,31,32,33). The zero-order chi connectivity index (χ0) is 24.6. The summed E-state index contributed by atoms with van der Waals surface area (Å²) in [6, 6.07) is 22.9. The van der Waals surface area contributed by atoms with Crippen molar-refractivity contribution in [2.75, 3.05) is 13.1 Å². The Morgan fingerprint density at radius 1 is 0.919 bits per heavy atom. The summed E-state index contributed by atoms with van der Waals surface area (Å²) in [5.74, 6) is 2.78. The van der Waals surface area contributed by atoms with Crippen molar-refractivity contribution in [3.05, 3.63) is 89.9 Å². The molecule has 9 heteroatoms. The molecule has 0 bridgehead atoms. The molecule has 1 aliphatic rings. The van der Waals surface area contributed by atoms with Crippen molar-refractivity contribution in [3.63, 3.8) is 0 Å². The van der Waals surface area contributed by atoms with Gasteiger partial charge in [-0.1, -0.05) is 65.9 Å². The number of H-pyrrole nitrogens is 1. The van der Waals surface area contributed by atoms with Gasteiger partial charge in [0, 0.05) is 23.6 Å². The number of piperidine rings is 1. The molecule has 4 aromatic heterocycles. The average Bonchev–Trinajstić information content (AvgIpc) is 3.75. The lowest BCUT2D eigenvalue weighted by atomic mass is 9.95. The molecular formula is C28H25N7OS. The van der Waals surface area contributed by atoms with Crippen LogP contribution in [0.1, 0.15) is 30.1 Å². The molecule has 1 saturated heterocycles. The highest BCUT2D eigenvalue weighted by Gasteiger charge is 2.24. The smallest absolute Gasteiger partial charge is 0.213 e. The number of nitrogens with zero attached hydrogens (tertiary/aromatic N) is 6. The molecule has 7 rings (SSSR count). The molecule has 0 atom stereocenters. The van der Waals surface area contributed by atoms with Gasteiger partial charge in [-0.25, -0.2) is 9.50 Å². The summed E-state index contributed by atoms with van der Waals surface area (Å²) < 4.78 is 7.37. The first-order valence-corrected chi connectivity index (χ1v) is 13.4. The average molecular weight is 508 g/mol. The van der Waals surface area contributed by atoms with Crippen molar-refractivity contribution in [1.29, 1.82) is 0 Å². The fourth-order valence-corrected chi connectivity index (χ4v) is 5.74. The van der Waals surface area contributed by atoms with E-state index in [0.29, 0.717) is 11.7 Å². The summed E-state index contributed by atoms with van der Waals surface area (Å²) >= 11 is 1.56. The fourth-order valence-electron chi connectivity index (χ4n) is 5.12. The van der Waals surface area contributed by atoms with Crippen LogP contribution in [0.15, 0.2) is 82.9 Å². The van der Waals surface area contributed by atoms with Gasteiger partial charge in [0.2, 0.25) is 4.96 Å². The molecule has 0 aliphatic carbocycles. The summed E-state index contributed by atoms with van der Waals surface area (Å²) in [6.07, 6.45) is 3.77. The zero-order valence-corrected chi connectivity index (χ0v) is 20.9. The highest BCUT2D eigenvalue weighted by Crippen LogP contribution is 2.34. The number of nitrogens with one attached hydrogen (secondary N) is 1. The van der Waals surface area contributed by atoms with Gasteiger partial charge in [-0.05, 0) is 43.6 Å². The number of hydrogen-bond acceptors (Lipinski definition) is 7. The van der Waals surface area contributed by atoms with Crippen molar-refractivity contribution in [2.45, 2.75) is 25.3 Å². The van der Waals surface area contributed by atoms with Crippen LogP contribution in [0.2, 0.25) is 0 Å². The van der Waals surface area contributed by atoms with Crippen molar-refractivity contribution in [1.82, 2.24) is 34.7 Å². The van der Waals surface area contributed by atoms with Gasteiger partial charge in [-0.2, -0.15) is 5.10 Å². The fraction of sp³-hybridized carbons (Fsp3) is 0.214. The first kappa shape index (κ1) is 22.1. The number of fused-ring (bicyclic) bond motifs is 1. The summed E-state index contributed by atoms with van der Waals surface area (Å²) in [4.78, 5) is 11.7. The minimum Gasteiger partial charge on any atom is -0.461 e. The Morgan fingerprint density at radius 2 is 1.76 bits per heavy atom. The molecule has 1 aliphatic heterocycles. The second-order valence-corrected chi connectivity index (χ2v) is 10.2. The van der Waals surface area contributed by atoms with Crippen LogP contribution in [0.25, 0.3) is 39.1 Å². The minimum atomic E-state index is 0.398. The van der Waals surface area contributed by atoms with Crippen molar-refractivity contribution >= 4 is 16.3 Å². The van der Waals surface area contributed by atoms with Gasteiger partial charge >= 0.3 is 0 Å². The van der Waals surface area contributed by atoms with Gasteiger partial charge in [0.1, 0.15) is 22.7 Å². The van der Waals surface area contributed by atoms with Crippen LogP contribution >= 0.6 is 11.3 Å². The molecule has 8 nitrogen and oxygen atoms in total. The Kier molecular flexibility index (Phi) is 5.64. The number of imidazole rings is 1. The molecule has 1 N–H and O–H groups in total. The van der Waals surface area contributed by atoms with Crippen LogP contribution in [-0.4, -0.2) is 47.8 Å². The van der Waals surface area contributed by atoms with E-state index in [1.165, 1.54) is 5.56 Å². The molecule has 5 heterocycles. The van der Waals surface area contributed by atoms with E-state index >= 15 is 0 Å². The van der Waals surface area contributed by atoms with Gasteiger partial charge in [-0.3, -0.25) is 4.90 Å². The maximum Gasteiger partial charge on any atom is 0.213 e. The van der Waals surface area contributed by atoms with Crippen LogP contribution in [0.5, 0.6) is 0 Å². The second kappa shape index (κ2) is 9.42. The SMILES string of the molecule is c1ccc(-c2c(-c3ccc(CN4CCC(c5nnc(-c6ccco6)[nH]5)CC4)cc3)nc3scnn23)cc1. The van der Waals surface area contributed by atoms with Gasteiger partial charge in [0.15, 0.2) is 11.6 Å². The first-order chi connectivity index (χ1) is 18.3. The molecule has 6 aromatic rings. The lowest BCUT2D eigenvalue weighted by molar-refractivity contribution is 0.202. The first-order valence-electron chi connectivity index (χ1n) is 12.5. The van der Waals surface area contributed by atoms with E-state index in [1.54, 1.807) is 17.6 Å². The summed E-state index contributed by atoms with van der Waals surface area (Å²) in [5.41, 5.74) is 7.38. The summed E-state index contributed by atoms with van der Waals surface area (Å²) in [7, 11) is 0. The summed E-state index contributed by atoms with van der Waals surface area (Å²) in [6.45, 7) is 3.00. The molecule has 0 spiro atoms. The molecule has 0 unspecified atom stereocenters. The second-order valence-electron chi connectivity index (χ2n) is 9.39. The quantitative estimate of drug-likeness (QED) is 0.303. The third-order valence-electron chi connectivity index (χ3n) is 7.06. The minimum absolute atomic E-state index is 0.398. The van der Waals surface area contributed by atoms with Gasteiger partial charge < -0.3 is 9.40 Å². The maximum atomic E-state index is 5.43. The molecule has 2 aromatic carbocycles. The third kappa shape index (κ3) is 4.26. The third-order valence-corrected chi connectivity index (χ3v) is 7.73. The number of aromatic nitrogens is 6. The van der Waals surface area contributed by atoms with Gasteiger partial charge in [-0.15, -0.1) is 10.2 Å². The summed E-state index contributed by atoms with van der Waals surface area (Å²) in [5, 5.41) is 13.2. The molecule has 1 fully saturated rings. The van der Waals surface area contributed by atoms with Crippen LogP contribution in [0.3, 0.4) is 0 Å². The normalized spacial score (nSPS) is 15.0. The monoisotopic (exact) mass is 507 g/mol. The van der Waals surface area contributed by atoms with Gasteiger partial charge in [0.05, 0.1) is 6.26 Å². The Labute approximate surface area is 217 Å². The number of rotatable bonds is 6. The molecule has 0 radical (unpaired) electrons. The van der Waals surface area contributed by atoms with Crippen molar-refractivity contribution < 1.29 is 4.42 Å². The Balaban J connectivity index is 1.03. The Bertz CT molecular complexity index is 1610. The number of furan rings is 1. The van der Waals surface area contributed by atoms with Crippen LogP contribution < -0.4 is 0 Å². The predicted octanol–water partition coefficient (Wildman–Crippen LogP) is 5.88. The van der Waals surface area contributed by atoms with E-state index in [2.05, 4.69) is 73.7 Å². The topological polar surface area (TPSA) is 88.1 Å². The lowest BCUT2D eigenvalue weighted by Gasteiger charge is -2.30. The maximum absolute atomic E-state index is 5.43. The molecule has 184 valence electrons. The highest BCUT2D eigenvalue weighted by molar-refractivity contribution is 7.14. The molecular weight excluding hydrogens is 482 g/mol. The Morgan fingerprint density at radius 3 is 2.54 bits per heavy atom. The molecule has 0 saturated carbocycles. The largest absolute Gasteiger partial charge is 0.461 e. The number of hydrogen-bond donors (Lipinski definition) is 1.